The van der Waals surface area contributed by atoms with Gasteiger partial charge in [0.05, 0.1) is 6.61 Å². The molecule has 1 nitrogen and oxygen atoms in total. The van der Waals surface area contributed by atoms with E-state index in [1.54, 1.807) is 0 Å². The summed E-state index contributed by atoms with van der Waals surface area (Å²) in [5, 5.41) is 0. The van der Waals surface area contributed by atoms with Gasteiger partial charge in [-0.3, -0.25) is 0 Å². The third-order valence-electron chi connectivity index (χ3n) is 2.80. The summed E-state index contributed by atoms with van der Waals surface area (Å²) in [6.45, 7) is 5.31. The molecule has 0 saturated heterocycles. The number of aryl methyl sites for hydroxylation is 1. The maximum Gasteiger partial charge on any atom is 0.122 e. The maximum atomic E-state index is 5.51. The highest BCUT2D eigenvalue weighted by atomic mass is 16.5. The molecule has 1 aromatic carbocycles. The zero-order valence-corrected chi connectivity index (χ0v) is 8.39. The summed E-state index contributed by atoms with van der Waals surface area (Å²) in [5.41, 5.74) is 4.38. The van der Waals surface area contributed by atoms with Gasteiger partial charge in [0.1, 0.15) is 5.75 Å². The first-order chi connectivity index (χ1) is 6.33. The van der Waals surface area contributed by atoms with E-state index in [4.69, 9.17) is 4.74 Å². The summed E-state index contributed by atoms with van der Waals surface area (Å²) in [6, 6.07) is 4.34. The van der Waals surface area contributed by atoms with E-state index >= 15 is 0 Å². The number of benzene rings is 1. The van der Waals surface area contributed by atoms with Gasteiger partial charge in [-0.05, 0) is 30.5 Å². The van der Waals surface area contributed by atoms with Crippen LogP contribution in [0.25, 0.3) is 0 Å². The van der Waals surface area contributed by atoms with Crippen LogP contribution in [0.1, 0.15) is 30.0 Å². The summed E-state index contributed by atoms with van der Waals surface area (Å²) in [6.07, 6.45) is 3.51. The summed E-state index contributed by atoms with van der Waals surface area (Å²) in [5.74, 6) is 1.11. The van der Waals surface area contributed by atoms with Crippen LogP contribution in [0.4, 0.5) is 0 Å². The van der Waals surface area contributed by atoms with Crippen LogP contribution in [-0.2, 0) is 12.8 Å². The van der Waals surface area contributed by atoms with Gasteiger partial charge in [-0.1, -0.05) is 19.4 Å². The van der Waals surface area contributed by atoms with Crippen molar-refractivity contribution in [1.82, 2.24) is 0 Å². The van der Waals surface area contributed by atoms with Gasteiger partial charge in [-0.2, -0.15) is 0 Å². The van der Waals surface area contributed by atoms with Gasteiger partial charge >= 0.3 is 0 Å². The molecule has 1 heterocycles. The Balaban J connectivity index is 2.40. The van der Waals surface area contributed by atoms with Crippen molar-refractivity contribution in [3.8, 4) is 5.75 Å². The lowest BCUT2D eigenvalue weighted by atomic mass is 9.98. The topological polar surface area (TPSA) is 9.23 Å². The predicted octanol–water partition coefficient (Wildman–Crippen LogP) is 2.88. The number of hydrogen-bond acceptors (Lipinski definition) is 1. The molecule has 0 N–H and O–H groups in total. The van der Waals surface area contributed by atoms with Crippen LogP contribution < -0.4 is 4.74 Å². The van der Waals surface area contributed by atoms with Gasteiger partial charge in [-0.25, -0.2) is 0 Å². The quantitative estimate of drug-likeness (QED) is 0.673. The molecule has 2 rings (SSSR count). The molecule has 0 bridgehead atoms. The maximum absolute atomic E-state index is 5.51. The SMILES string of the molecule is CCCc1ccc2c(c1C)CCO2. The van der Waals surface area contributed by atoms with Crippen LogP contribution in [0.5, 0.6) is 5.75 Å². The molecule has 1 heteroatoms. The van der Waals surface area contributed by atoms with E-state index in [2.05, 4.69) is 26.0 Å². The standard InChI is InChI=1S/C12H16O/c1-3-4-10-5-6-12-11(9(10)2)7-8-13-12/h5-6H,3-4,7-8H2,1-2H3. The van der Waals surface area contributed by atoms with E-state index in [1.807, 2.05) is 0 Å². The molecule has 0 aliphatic carbocycles. The minimum atomic E-state index is 0.867. The second kappa shape index (κ2) is 3.41. The van der Waals surface area contributed by atoms with E-state index < -0.39 is 0 Å². The van der Waals surface area contributed by atoms with Crippen molar-refractivity contribution < 1.29 is 4.74 Å². The van der Waals surface area contributed by atoms with Crippen LogP contribution in [-0.4, -0.2) is 6.61 Å². The fourth-order valence-electron chi connectivity index (χ4n) is 2.03. The molecular formula is C12H16O. The fraction of sp³-hybridized carbons (Fsp3) is 0.500. The molecule has 1 aromatic rings. The summed E-state index contributed by atoms with van der Waals surface area (Å²) < 4.78 is 5.51. The Kier molecular flexibility index (Phi) is 2.26. The summed E-state index contributed by atoms with van der Waals surface area (Å²) in [4.78, 5) is 0. The fourth-order valence-corrected chi connectivity index (χ4v) is 2.03. The predicted molar refractivity (Wildman–Crippen MR) is 54.4 cm³/mol. The second-order valence-electron chi connectivity index (χ2n) is 3.67. The normalized spacial score (nSPS) is 14.0. The van der Waals surface area contributed by atoms with Gasteiger partial charge in [0.25, 0.3) is 0 Å². The largest absolute Gasteiger partial charge is 0.493 e. The molecule has 70 valence electrons. The van der Waals surface area contributed by atoms with Crippen molar-refractivity contribution in [2.45, 2.75) is 33.1 Å². The third-order valence-corrected chi connectivity index (χ3v) is 2.80. The van der Waals surface area contributed by atoms with E-state index in [-0.39, 0.29) is 0 Å². The van der Waals surface area contributed by atoms with E-state index in [0.717, 1.165) is 18.8 Å². The molecular weight excluding hydrogens is 160 g/mol. The highest BCUT2D eigenvalue weighted by Crippen LogP contribution is 2.30. The van der Waals surface area contributed by atoms with Crippen LogP contribution >= 0.6 is 0 Å². The van der Waals surface area contributed by atoms with Crippen molar-refractivity contribution in [3.05, 3.63) is 28.8 Å². The van der Waals surface area contributed by atoms with Gasteiger partial charge in [0.2, 0.25) is 0 Å². The molecule has 1 aliphatic heterocycles. The van der Waals surface area contributed by atoms with E-state index in [1.165, 1.54) is 29.5 Å². The molecule has 1 aliphatic rings. The molecule has 0 fully saturated rings. The molecule has 0 spiro atoms. The zero-order valence-electron chi connectivity index (χ0n) is 8.39. The molecule has 0 saturated carbocycles. The van der Waals surface area contributed by atoms with Crippen LogP contribution in [0.2, 0.25) is 0 Å². The van der Waals surface area contributed by atoms with Crippen molar-refractivity contribution >= 4 is 0 Å². The van der Waals surface area contributed by atoms with Crippen molar-refractivity contribution in [3.63, 3.8) is 0 Å². The van der Waals surface area contributed by atoms with Gasteiger partial charge < -0.3 is 4.74 Å². The number of fused-ring (bicyclic) bond motifs is 1. The molecule has 0 amide bonds. The van der Waals surface area contributed by atoms with Gasteiger partial charge in [0.15, 0.2) is 0 Å². The van der Waals surface area contributed by atoms with E-state index in [9.17, 15) is 0 Å². The Labute approximate surface area is 79.7 Å². The molecule has 0 radical (unpaired) electrons. The summed E-state index contributed by atoms with van der Waals surface area (Å²) in [7, 11) is 0. The van der Waals surface area contributed by atoms with Crippen LogP contribution in [0, 0.1) is 6.92 Å². The van der Waals surface area contributed by atoms with Crippen LogP contribution in [0.15, 0.2) is 12.1 Å². The van der Waals surface area contributed by atoms with Gasteiger partial charge in [0, 0.05) is 12.0 Å². The monoisotopic (exact) mass is 176 g/mol. The first-order valence-corrected chi connectivity index (χ1v) is 5.07. The minimum absolute atomic E-state index is 0.867. The average Bonchev–Trinajstić information content (AvgIpc) is 2.58. The lowest BCUT2D eigenvalue weighted by molar-refractivity contribution is 0.357. The smallest absolute Gasteiger partial charge is 0.122 e. The average molecular weight is 176 g/mol. The minimum Gasteiger partial charge on any atom is -0.493 e. The first kappa shape index (κ1) is 8.61. The Bertz CT molecular complexity index is 315. The molecule has 0 aromatic heterocycles. The highest BCUT2D eigenvalue weighted by Gasteiger charge is 2.15. The second-order valence-corrected chi connectivity index (χ2v) is 3.67. The number of hydrogen-bond donors (Lipinski definition) is 0. The Morgan fingerprint density at radius 2 is 2.23 bits per heavy atom. The molecule has 0 atom stereocenters. The third kappa shape index (κ3) is 1.43. The van der Waals surface area contributed by atoms with Gasteiger partial charge in [-0.15, -0.1) is 0 Å². The first-order valence-electron chi connectivity index (χ1n) is 5.07. The Morgan fingerprint density at radius 3 is 3.00 bits per heavy atom. The molecule has 13 heavy (non-hydrogen) atoms. The lowest BCUT2D eigenvalue weighted by Crippen LogP contribution is -1.92. The van der Waals surface area contributed by atoms with Crippen molar-refractivity contribution in [2.24, 2.45) is 0 Å². The zero-order chi connectivity index (χ0) is 9.26. The molecule has 0 unspecified atom stereocenters. The highest BCUT2D eigenvalue weighted by molar-refractivity contribution is 5.46. The Hall–Kier alpha value is -0.980. The number of rotatable bonds is 2. The Morgan fingerprint density at radius 1 is 1.38 bits per heavy atom. The van der Waals surface area contributed by atoms with Crippen molar-refractivity contribution in [1.29, 1.82) is 0 Å². The van der Waals surface area contributed by atoms with Crippen molar-refractivity contribution in [2.75, 3.05) is 6.61 Å². The number of ether oxygens (including phenoxy) is 1. The summed E-state index contributed by atoms with van der Waals surface area (Å²) >= 11 is 0. The van der Waals surface area contributed by atoms with E-state index in [0.29, 0.717) is 0 Å². The van der Waals surface area contributed by atoms with Crippen LogP contribution in [0.3, 0.4) is 0 Å². The lowest BCUT2D eigenvalue weighted by Gasteiger charge is -2.08.